The van der Waals surface area contributed by atoms with Crippen molar-refractivity contribution in [2.75, 3.05) is 25.2 Å². The normalized spacial score (nSPS) is 12.4. The Kier molecular flexibility index (Phi) is 6.02. The molecule has 7 heteroatoms. The van der Waals surface area contributed by atoms with Crippen LogP contribution in [0.5, 0.6) is 11.6 Å². The fraction of sp³-hybridized carbons (Fsp3) is 0.292. The van der Waals surface area contributed by atoms with Crippen LogP contribution in [0.4, 0.5) is 11.6 Å². The summed E-state index contributed by atoms with van der Waals surface area (Å²) in [5, 5.41) is 0. The number of fused-ring (bicyclic) bond motifs is 1. The van der Waals surface area contributed by atoms with Crippen molar-refractivity contribution in [2.45, 2.75) is 26.9 Å². The Balaban J connectivity index is 1.63. The number of aryl methyl sites for hydroxylation is 1. The van der Waals surface area contributed by atoms with Gasteiger partial charge in [-0.3, -0.25) is 0 Å². The number of para-hydroxylation sites is 1. The van der Waals surface area contributed by atoms with Gasteiger partial charge in [0, 0.05) is 12.2 Å². The van der Waals surface area contributed by atoms with E-state index >= 15 is 0 Å². The van der Waals surface area contributed by atoms with E-state index in [0.29, 0.717) is 5.95 Å². The van der Waals surface area contributed by atoms with Crippen molar-refractivity contribution in [3.63, 3.8) is 0 Å². The second kappa shape index (κ2) is 9.04. The van der Waals surface area contributed by atoms with E-state index in [9.17, 15) is 4.79 Å². The first-order valence-electron chi connectivity index (χ1n) is 10.3. The molecule has 0 atom stereocenters. The average Bonchev–Trinajstić information content (AvgIpc) is 3.22. The SMILES string of the molecule is CCOC(=O)c1cnc(N2CCc3ccccc32)nc1OCc1ccc(OC)c(C)c1. The number of anilines is 2. The highest BCUT2D eigenvalue weighted by molar-refractivity contribution is 5.91. The van der Waals surface area contributed by atoms with E-state index in [1.165, 1.54) is 11.8 Å². The van der Waals surface area contributed by atoms with Crippen molar-refractivity contribution < 1.29 is 19.0 Å². The molecule has 0 bridgehead atoms. The molecule has 0 saturated heterocycles. The third kappa shape index (κ3) is 4.30. The number of ether oxygens (including phenoxy) is 3. The number of carbonyl (C=O) groups is 1. The predicted molar refractivity (Wildman–Crippen MR) is 117 cm³/mol. The van der Waals surface area contributed by atoms with Crippen molar-refractivity contribution in [3.8, 4) is 11.6 Å². The number of methoxy groups -OCH3 is 1. The van der Waals surface area contributed by atoms with E-state index in [0.717, 1.165) is 35.5 Å². The number of hydrogen-bond acceptors (Lipinski definition) is 7. The molecule has 1 aliphatic heterocycles. The first-order chi connectivity index (χ1) is 15.1. The fourth-order valence-electron chi connectivity index (χ4n) is 3.67. The molecule has 0 fully saturated rings. The number of esters is 1. The van der Waals surface area contributed by atoms with Crippen molar-refractivity contribution in [3.05, 3.63) is 70.9 Å². The van der Waals surface area contributed by atoms with Crippen LogP contribution in [0.25, 0.3) is 0 Å². The third-order valence-electron chi connectivity index (χ3n) is 5.20. The monoisotopic (exact) mass is 419 g/mol. The molecule has 0 aliphatic carbocycles. The predicted octanol–water partition coefficient (Wildman–Crippen LogP) is 4.24. The topological polar surface area (TPSA) is 73.8 Å². The van der Waals surface area contributed by atoms with Gasteiger partial charge in [-0.1, -0.05) is 24.3 Å². The second-order valence-corrected chi connectivity index (χ2v) is 7.23. The Bertz CT molecular complexity index is 1100. The van der Waals surface area contributed by atoms with Crippen molar-refractivity contribution in [1.29, 1.82) is 0 Å². The molecule has 0 spiro atoms. The molecule has 0 unspecified atom stereocenters. The number of rotatable bonds is 7. The maximum absolute atomic E-state index is 12.4. The minimum Gasteiger partial charge on any atom is -0.496 e. The molecule has 0 amide bonds. The highest BCUT2D eigenvalue weighted by atomic mass is 16.5. The maximum Gasteiger partial charge on any atom is 0.345 e. The standard InChI is InChI=1S/C24H25N3O4/c1-4-30-23(28)19-14-25-24(27-12-11-18-7-5-6-8-20(18)27)26-22(19)31-15-17-9-10-21(29-3)16(2)13-17/h5-10,13-14H,4,11-12,15H2,1-3H3. The Hall–Kier alpha value is -3.61. The van der Waals surface area contributed by atoms with Crippen molar-refractivity contribution in [2.24, 2.45) is 0 Å². The lowest BCUT2D eigenvalue weighted by Crippen LogP contribution is -2.18. The van der Waals surface area contributed by atoms with Gasteiger partial charge in [0.25, 0.3) is 0 Å². The molecule has 160 valence electrons. The van der Waals surface area contributed by atoms with Crippen LogP contribution < -0.4 is 14.4 Å². The highest BCUT2D eigenvalue weighted by Crippen LogP contribution is 2.33. The summed E-state index contributed by atoms with van der Waals surface area (Å²) in [6, 6.07) is 14.0. The molecule has 4 rings (SSSR count). The van der Waals surface area contributed by atoms with Gasteiger partial charge in [-0.05, 0) is 55.2 Å². The summed E-state index contributed by atoms with van der Waals surface area (Å²) in [6.07, 6.45) is 2.40. The molecule has 0 N–H and O–H groups in total. The molecule has 2 aromatic carbocycles. The summed E-state index contributed by atoms with van der Waals surface area (Å²) < 4.78 is 16.5. The van der Waals surface area contributed by atoms with Gasteiger partial charge in [-0.25, -0.2) is 9.78 Å². The van der Waals surface area contributed by atoms with Gasteiger partial charge in [0.2, 0.25) is 11.8 Å². The summed E-state index contributed by atoms with van der Waals surface area (Å²) >= 11 is 0. The van der Waals surface area contributed by atoms with E-state index in [-0.39, 0.29) is 24.7 Å². The van der Waals surface area contributed by atoms with Gasteiger partial charge in [-0.15, -0.1) is 0 Å². The molecular weight excluding hydrogens is 394 g/mol. The number of nitrogens with zero attached hydrogens (tertiary/aromatic N) is 3. The lowest BCUT2D eigenvalue weighted by molar-refractivity contribution is 0.0519. The number of benzene rings is 2. The smallest absolute Gasteiger partial charge is 0.345 e. The summed E-state index contributed by atoms with van der Waals surface area (Å²) in [5.41, 5.74) is 4.48. The summed E-state index contributed by atoms with van der Waals surface area (Å²) in [4.78, 5) is 23.5. The Morgan fingerprint density at radius 1 is 1.19 bits per heavy atom. The Morgan fingerprint density at radius 2 is 2.03 bits per heavy atom. The van der Waals surface area contributed by atoms with E-state index < -0.39 is 5.97 Å². The molecule has 2 heterocycles. The Labute approximate surface area is 181 Å². The van der Waals surface area contributed by atoms with E-state index in [1.807, 2.05) is 48.2 Å². The van der Waals surface area contributed by atoms with Crippen molar-refractivity contribution >= 4 is 17.6 Å². The lowest BCUT2D eigenvalue weighted by Gasteiger charge is -2.19. The molecule has 1 aliphatic rings. The van der Waals surface area contributed by atoms with E-state index in [1.54, 1.807) is 14.0 Å². The summed E-state index contributed by atoms with van der Waals surface area (Å²) in [7, 11) is 1.64. The molecule has 3 aromatic rings. The average molecular weight is 419 g/mol. The molecule has 0 saturated carbocycles. The van der Waals surface area contributed by atoms with Gasteiger partial charge >= 0.3 is 5.97 Å². The first-order valence-corrected chi connectivity index (χ1v) is 10.3. The van der Waals surface area contributed by atoms with Crippen LogP contribution in [0, 0.1) is 6.92 Å². The van der Waals surface area contributed by atoms with Crippen LogP contribution in [0.15, 0.2) is 48.7 Å². The second-order valence-electron chi connectivity index (χ2n) is 7.23. The van der Waals surface area contributed by atoms with E-state index in [2.05, 4.69) is 16.0 Å². The molecule has 1 aromatic heterocycles. The highest BCUT2D eigenvalue weighted by Gasteiger charge is 2.25. The largest absolute Gasteiger partial charge is 0.496 e. The number of carbonyl (C=O) groups excluding carboxylic acids is 1. The Morgan fingerprint density at radius 3 is 2.81 bits per heavy atom. The zero-order valence-electron chi connectivity index (χ0n) is 17.9. The van der Waals surface area contributed by atoms with Gasteiger partial charge < -0.3 is 19.1 Å². The van der Waals surface area contributed by atoms with E-state index in [4.69, 9.17) is 14.2 Å². The van der Waals surface area contributed by atoms with Crippen LogP contribution in [0.1, 0.15) is 34.0 Å². The van der Waals surface area contributed by atoms with Gasteiger partial charge in [0.15, 0.2) is 0 Å². The summed E-state index contributed by atoms with van der Waals surface area (Å²) in [6.45, 7) is 5.02. The quantitative estimate of drug-likeness (QED) is 0.530. The van der Waals surface area contributed by atoms with Crippen molar-refractivity contribution in [1.82, 2.24) is 9.97 Å². The zero-order chi connectivity index (χ0) is 21.8. The number of aromatic nitrogens is 2. The van der Waals surface area contributed by atoms with Crippen LogP contribution in [0.2, 0.25) is 0 Å². The van der Waals surface area contributed by atoms with Gasteiger partial charge in [-0.2, -0.15) is 4.98 Å². The molecule has 31 heavy (non-hydrogen) atoms. The fourth-order valence-corrected chi connectivity index (χ4v) is 3.67. The van der Waals surface area contributed by atoms with Gasteiger partial charge in [0.05, 0.1) is 19.9 Å². The van der Waals surface area contributed by atoms with Crippen LogP contribution in [0.3, 0.4) is 0 Å². The van der Waals surface area contributed by atoms with Crippen LogP contribution in [-0.4, -0.2) is 36.2 Å². The third-order valence-corrected chi connectivity index (χ3v) is 5.20. The molecule has 0 radical (unpaired) electrons. The van der Waals surface area contributed by atoms with Crippen LogP contribution in [-0.2, 0) is 17.8 Å². The molecular formula is C24H25N3O4. The lowest BCUT2D eigenvalue weighted by atomic mass is 10.1. The van der Waals surface area contributed by atoms with Crippen LogP contribution >= 0.6 is 0 Å². The summed E-state index contributed by atoms with van der Waals surface area (Å²) in [5.74, 6) is 1.02. The molecule has 7 nitrogen and oxygen atoms in total. The minimum absolute atomic E-state index is 0.210. The van der Waals surface area contributed by atoms with Gasteiger partial charge in [0.1, 0.15) is 17.9 Å². The minimum atomic E-state index is -0.503. The zero-order valence-corrected chi connectivity index (χ0v) is 17.9. The number of hydrogen-bond donors (Lipinski definition) is 0. The first kappa shape index (κ1) is 20.7. The maximum atomic E-state index is 12.4.